The van der Waals surface area contributed by atoms with E-state index in [0.717, 1.165) is 12.1 Å². The van der Waals surface area contributed by atoms with Gasteiger partial charge in [-0.1, -0.05) is 30.7 Å². The monoisotopic (exact) mass is 284 g/mol. The Morgan fingerprint density at radius 3 is 2.52 bits per heavy atom. The van der Waals surface area contributed by atoms with Crippen molar-refractivity contribution in [2.75, 3.05) is 13.1 Å². The molecule has 1 aromatic rings. The fourth-order valence-electron chi connectivity index (χ4n) is 4.25. The van der Waals surface area contributed by atoms with Gasteiger partial charge in [0.2, 0.25) is 0 Å². The number of likely N-dealkylation sites (tertiary alicyclic amines) is 1. The van der Waals surface area contributed by atoms with E-state index in [1.807, 2.05) is 0 Å². The van der Waals surface area contributed by atoms with E-state index in [4.69, 9.17) is 0 Å². The van der Waals surface area contributed by atoms with E-state index in [1.54, 1.807) is 11.1 Å². The topological polar surface area (TPSA) is 15.3 Å². The van der Waals surface area contributed by atoms with Gasteiger partial charge in [-0.25, -0.2) is 0 Å². The van der Waals surface area contributed by atoms with Crippen molar-refractivity contribution in [3.63, 3.8) is 0 Å². The van der Waals surface area contributed by atoms with E-state index in [2.05, 4.69) is 34.5 Å². The van der Waals surface area contributed by atoms with Gasteiger partial charge in [-0.3, -0.25) is 0 Å². The zero-order valence-corrected chi connectivity index (χ0v) is 13.1. The molecule has 0 amide bonds. The van der Waals surface area contributed by atoms with Crippen molar-refractivity contribution in [2.45, 2.75) is 69.5 Å². The van der Waals surface area contributed by atoms with Crippen LogP contribution in [0.5, 0.6) is 0 Å². The Morgan fingerprint density at radius 2 is 1.71 bits per heavy atom. The molecule has 4 rings (SSSR count). The maximum atomic E-state index is 4.01. The lowest BCUT2D eigenvalue weighted by Crippen LogP contribution is -2.44. The number of benzene rings is 1. The van der Waals surface area contributed by atoms with Gasteiger partial charge in [-0.2, -0.15) is 0 Å². The van der Waals surface area contributed by atoms with Crippen molar-refractivity contribution < 1.29 is 0 Å². The first-order valence-corrected chi connectivity index (χ1v) is 8.98. The highest BCUT2D eigenvalue weighted by molar-refractivity contribution is 5.31. The SMILES string of the molecule is c1ccc2c(c1)CCCCC2NC1CCN(C2CC2)CC1. The Bertz CT molecular complexity index is 472. The molecule has 0 aromatic heterocycles. The van der Waals surface area contributed by atoms with Crippen LogP contribution in [-0.2, 0) is 6.42 Å². The molecule has 114 valence electrons. The second-order valence-corrected chi connectivity index (χ2v) is 7.21. The van der Waals surface area contributed by atoms with Crippen LogP contribution in [0.4, 0.5) is 0 Å². The van der Waals surface area contributed by atoms with Crippen molar-refractivity contribution in [2.24, 2.45) is 0 Å². The third-order valence-electron chi connectivity index (χ3n) is 5.65. The van der Waals surface area contributed by atoms with Crippen molar-refractivity contribution in [1.82, 2.24) is 10.2 Å². The molecule has 1 saturated heterocycles. The molecule has 1 saturated carbocycles. The average Bonchev–Trinajstić information content (AvgIpc) is 3.36. The van der Waals surface area contributed by atoms with Gasteiger partial charge < -0.3 is 10.2 Å². The number of fused-ring (bicyclic) bond motifs is 1. The second kappa shape index (κ2) is 6.10. The highest BCUT2D eigenvalue weighted by Gasteiger charge is 2.32. The Labute approximate surface area is 128 Å². The minimum absolute atomic E-state index is 0.598. The number of rotatable bonds is 3. The summed E-state index contributed by atoms with van der Waals surface area (Å²) in [6, 6.07) is 11.4. The van der Waals surface area contributed by atoms with Crippen LogP contribution in [0.15, 0.2) is 24.3 Å². The number of hydrogen-bond acceptors (Lipinski definition) is 2. The number of piperidine rings is 1. The summed E-state index contributed by atoms with van der Waals surface area (Å²) in [5.74, 6) is 0. The Hall–Kier alpha value is -0.860. The van der Waals surface area contributed by atoms with E-state index in [-0.39, 0.29) is 0 Å². The summed E-state index contributed by atoms with van der Waals surface area (Å²) in [4.78, 5) is 2.72. The fraction of sp³-hybridized carbons (Fsp3) is 0.684. The smallest absolute Gasteiger partial charge is 0.0325 e. The predicted octanol–water partition coefficient (Wildman–Crippen LogP) is 3.67. The number of aryl methyl sites for hydroxylation is 1. The second-order valence-electron chi connectivity index (χ2n) is 7.21. The molecular formula is C19H28N2. The van der Waals surface area contributed by atoms with Crippen LogP contribution < -0.4 is 5.32 Å². The third kappa shape index (κ3) is 3.17. The lowest BCUT2D eigenvalue weighted by atomic mass is 9.96. The first-order chi connectivity index (χ1) is 10.4. The molecule has 1 unspecified atom stereocenters. The van der Waals surface area contributed by atoms with Gasteiger partial charge in [0.15, 0.2) is 0 Å². The molecule has 2 heteroatoms. The van der Waals surface area contributed by atoms with Crippen LogP contribution in [0.3, 0.4) is 0 Å². The molecule has 1 atom stereocenters. The first kappa shape index (κ1) is 13.8. The van der Waals surface area contributed by atoms with Gasteiger partial charge in [0, 0.05) is 18.1 Å². The van der Waals surface area contributed by atoms with Gasteiger partial charge in [-0.05, 0) is 69.2 Å². The maximum absolute atomic E-state index is 4.01. The summed E-state index contributed by atoms with van der Waals surface area (Å²) >= 11 is 0. The standard InChI is InChI=1S/C19H28N2/c1-3-7-18-15(5-1)6-2-4-8-19(18)20-16-11-13-21(14-12-16)17-9-10-17/h1,3,5,7,16-17,19-20H,2,4,6,8-14H2. The number of nitrogens with one attached hydrogen (secondary N) is 1. The number of hydrogen-bond donors (Lipinski definition) is 1. The molecule has 1 heterocycles. The lowest BCUT2D eigenvalue weighted by Gasteiger charge is -2.35. The minimum Gasteiger partial charge on any atom is -0.307 e. The highest BCUT2D eigenvalue weighted by atomic mass is 15.2. The third-order valence-corrected chi connectivity index (χ3v) is 5.65. The number of nitrogens with zero attached hydrogens (tertiary/aromatic N) is 1. The fourth-order valence-corrected chi connectivity index (χ4v) is 4.25. The average molecular weight is 284 g/mol. The van der Waals surface area contributed by atoms with Crippen LogP contribution in [0.2, 0.25) is 0 Å². The van der Waals surface area contributed by atoms with Crippen LogP contribution in [0, 0.1) is 0 Å². The Morgan fingerprint density at radius 1 is 0.905 bits per heavy atom. The molecule has 21 heavy (non-hydrogen) atoms. The summed E-state index contributed by atoms with van der Waals surface area (Å²) < 4.78 is 0. The van der Waals surface area contributed by atoms with Crippen molar-refractivity contribution in [3.05, 3.63) is 35.4 Å². The van der Waals surface area contributed by atoms with Gasteiger partial charge in [0.1, 0.15) is 0 Å². The van der Waals surface area contributed by atoms with E-state index < -0.39 is 0 Å². The molecule has 0 spiro atoms. The normalized spacial score (nSPS) is 28.1. The van der Waals surface area contributed by atoms with E-state index in [1.165, 1.54) is 64.5 Å². The molecule has 3 aliphatic rings. The largest absolute Gasteiger partial charge is 0.307 e. The highest BCUT2D eigenvalue weighted by Crippen LogP contribution is 2.32. The quantitative estimate of drug-likeness (QED) is 0.852. The molecular weight excluding hydrogens is 256 g/mol. The minimum atomic E-state index is 0.598. The summed E-state index contributed by atoms with van der Waals surface area (Å²) in [5.41, 5.74) is 3.17. The van der Waals surface area contributed by atoms with E-state index in [0.29, 0.717) is 6.04 Å². The van der Waals surface area contributed by atoms with Gasteiger partial charge >= 0.3 is 0 Å². The molecule has 1 N–H and O–H groups in total. The van der Waals surface area contributed by atoms with Crippen LogP contribution in [0.1, 0.15) is 62.1 Å². The summed E-state index contributed by atoms with van der Waals surface area (Å²) in [5, 5.41) is 4.01. The molecule has 0 radical (unpaired) electrons. The first-order valence-electron chi connectivity index (χ1n) is 8.98. The Kier molecular flexibility index (Phi) is 4.00. The molecule has 2 aliphatic carbocycles. The van der Waals surface area contributed by atoms with Crippen molar-refractivity contribution in [1.29, 1.82) is 0 Å². The molecule has 2 nitrogen and oxygen atoms in total. The van der Waals surface area contributed by atoms with Gasteiger partial charge in [0.05, 0.1) is 0 Å². The van der Waals surface area contributed by atoms with Crippen LogP contribution >= 0.6 is 0 Å². The maximum Gasteiger partial charge on any atom is 0.0325 e. The van der Waals surface area contributed by atoms with E-state index in [9.17, 15) is 0 Å². The van der Waals surface area contributed by atoms with Crippen LogP contribution in [0.25, 0.3) is 0 Å². The summed E-state index contributed by atoms with van der Waals surface area (Å²) in [6.45, 7) is 2.63. The molecule has 0 bridgehead atoms. The van der Waals surface area contributed by atoms with Crippen molar-refractivity contribution in [3.8, 4) is 0 Å². The van der Waals surface area contributed by atoms with Crippen molar-refractivity contribution >= 4 is 0 Å². The lowest BCUT2D eigenvalue weighted by molar-refractivity contribution is 0.181. The van der Waals surface area contributed by atoms with Crippen LogP contribution in [-0.4, -0.2) is 30.1 Å². The summed E-state index contributed by atoms with van der Waals surface area (Å²) in [7, 11) is 0. The van der Waals surface area contributed by atoms with Gasteiger partial charge in [0.25, 0.3) is 0 Å². The summed E-state index contributed by atoms with van der Waals surface area (Å²) in [6.07, 6.45) is 10.9. The van der Waals surface area contributed by atoms with Gasteiger partial charge in [-0.15, -0.1) is 0 Å². The molecule has 2 fully saturated rings. The predicted molar refractivity (Wildman–Crippen MR) is 87.5 cm³/mol. The molecule has 1 aliphatic heterocycles. The van der Waals surface area contributed by atoms with E-state index >= 15 is 0 Å². The zero-order chi connectivity index (χ0) is 14.1. The Balaban J connectivity index is 1.40. The zero-order valence-electron chi connectivity index (χ0n) is 13.1. The molecule has 1 aromatic carbocycles.